The molecule has 3 N–H and O–H groups in total. The Morgan fingerprint density at radius 2 is 1.92 bits per heavy atom. The van der Waals surface area contributed by atoms with E-state index in [1.165, 1.54) is 51.5 Å². The lowest BCUT2D eigenvalue weighted by atomic mass is 9.80. The van der Waals surface area contributed by atoms with Gasteiger partial charge in [-0.25, -0.2) is 0 Å². The molecule has 3 aliphatic rings. The maximum absolute atomic E-state index is 6.22. The quantitative estimate of drug-likeness (QED) is 0.559. The van der Waals surface area contributed by atoms with E-state index in [0.717, 1.165) is 45.9 Å². The molecule has 25 heavy (non-hydrogen) atoms. The Labute approximate surface area is 153 Å². The monoisotopic (exact) mass is 351 g/mol. The van der Waals surface area contributed by atoms with Gasteiger partial charge in [0.05, 0.1) is 19.8 Å². The van der Waals surface area contributed by atoms with Crippen LogP contribution in [0.15, 0.2) is 4.99 Å². The summed E-state index contributed by atoms with van der Waals surface area (Å²) >= 11 is 0. The number of hydrogen-bond acceptors (Lipinski definition) is 4. The average molecular weight is 352 g/mol. The van der Waals surface area contributed by atoms with Crippen LogP contribution in [-0.4, -0.2) is 79.8 Å². The van der Waals surface area contributed by atoms with Crippen molar-refractivity contribution in [3.63, 3.8) is 0 Å². The Morgan fingerprint density at radius 1 is 1.16 bits per heavy atom. The number of nitrogens with two attached hydrogens (primary N) is 1. The van der Waals surface area contributed by atoms with E-state index in [1.54, 1.807) is 0 Å². The number of guanidine groups is 1. The fourth-order valence-corrected chi connectivity index (χ4v) is 4.88. The second kappa shape index (κ2) is 9.19. The second-order valence-electron chi connectivity index (χ2n) is 7.89. The van der Waals surface area contributed by atoms with Crippen LogP contribution in [0.25, 0.3) is 0 Å². The van der Waals surface area contributed by atoms with Gasteiger partial charge in [-0.15, -0.1) is 0 Å². The van der Waals surface area contributed by atoms with Crippen molar-refractivity contribution >= 4 is 5.96 Å². The van der Waals surface area contributed by atoms with Crippen molar-refractivity contribution in [3.05, 3.63) is 0 Å². The van der Waals surface area contributed by atoms with Gasteiger partial charge in [0.25, 0.3) is 0 Å². The van der Waals surface area contributed by atoms with E-state index < -0.39 is 0 Å². The van der Waals surface area contributed by atoms with Crippen molar-refractivity contribution in [2.24, 2.45) is 10.7 Å². The number of rotatable bonds is 6. The maximum atomic E-state index is 6.22. The molecule has 3 fully saturated rings. The molecule has 2 aliphatic heterocycles. The van der Waals surface area contributed by atoms with Crippen molar-refractivity contribution < 1.29 is 4.74 Å². The van der Waals surface area contributed by atoms with Gasteiger partial charge in [-0.05, 0) is 38.8 Å². The van der Waals surface area contributed by atoms with Crippen LogP contribution in [0.2, 0.25) is 0 Å². The van der Waals surface area contributed by atoms with E-state index in [2.05, 4.69) is 22.0 Å². The van der Waals surface area contributed by atoms with E-state index in [4.69, 9.17) is 15.5 Å². The Hall–Kier alpha value is -0.850. The number of nitrogens with one attached hydrogen (secondary N) is 1. The van der Waals surface area contributed by atoms with Crippen LogP contribution in [0, 0.1) is 0 Å². The summed E-state index contributed by atoms with van der Waals surface area (Å²) in [6.07, 6.45) is 9.05. The SMILES string of the molecule is CCN1CCCC1CNC(N)=NCC1(N2CCOCC2)CCCCC1. The number of likely N-dealkylation sites (tertiary alicyclic amines) is 1. The molecule has 3 rings (SSSR count). The van der Waals surface area contributed by atoms with Gasteiger partial charge in [-0.1, -0.05) is 26.2 Å². The topological polar surface area (TPSA) is 66.1 Å². The fraction of sp³-hybridized carbons (Fsp3) is 0.947. The molecule has 0 aromatic carbocycles. The number of hydrogen-bond donors (Lipinski definition) is 2. The minimum absolute atomic E-state index is 0.205. The lowest BCUT2D eigenvalue weighted by molar-refractivity contribution is -0.0333. The predicted octanol–water partition coefficient (Wildman–Crippen LogP) is 1.41. The smallest absolute Gasteiger partial charge is 0.188 e. The molecule has 0 radical (unpaired) electrons. The van der Waals surface area contributed by atoms with Gasteiger partial charge < -0.3 is 15.8 Å². The largest absolute Gasteiger partial charge is 0.379 e. The van der Waals surface area contributed by atoms with Gasteiger partial charge in [0.1, 0.15) is 0 Å². The molecule has 1 aliphatic carbocycles. The second-order valence-corrected chi connectivity index (χ2v) is 7.89. The third kappa shape index (κ3) is 4.86. The Kier molecular flexibility index (Phi) is 6.96. The van der Waals surface area contributed by atoms with Crippen LogP contribution >= 0.6 is 0 Å². The first kappa shape index (κ1) is 18.9. The summed E-state index contributed by atoms with van der Waals surface area (Å²) in [6.45, 7) is 10.1. The molecule has 2 heterocycles. The predicted molar refractivity (Wildman–Crippen MR) is 103 cm³/mol. The highest BCUT2D eigenvalue weighted by Crippen LogP contribution is 2.34. The van der Waals surface area contributed by atoms with Crippen LogP contribution in [0.3, 0.4) is 0 Å². The molecular weight excluding hydrogens is 314 g/mol. The summed E-state index contributed by atoms with van der Waals surface area (Å²) in [6, 6.07) is 0.613. The molecule has 144 valence electrons. The maximum Gasteiger partial charge on any atom is 0.188 e. The number of morpholine rings is 1. The van der Waals surface area contributed by atoms with Crippen molar-refractivity contribution in [1.82, 2.24) is 15.1 Å². The summed E-state index contributed by atoms with van der Waals surface area (Å²) in [5, 5.41) is 3.39. The molecule has 0 spiro atoms. The number of likely N-dealkylation sites (N-methyl/N-ethyl adjacent to an activating group) is 1. The molecule has 1 unspecified atom stereocenters. The highest BCUT2D eigenvalue weighted by atomic mass is 16.5. The first-order valence-electron chi connectivity index (χ1n) is 10.3. The van der Waals surface area contributed by atoms with Gasteiger partial charge >= 0.3 is 0 Å². The third-order valence-electron chi connectivity index (χ3n) is 6.43. The lowest BCUT2D eigenvalue weighted by Crippen LogP contribution is -2.56. The summed E-state index contributed by atoms with van der Waals surface area (Å²) in [5.41, 5.74) is 6.43. The van der Waals surface area contributed by atoms with Gasteiger partial charge in [0.15, 0.2) is 5.96 Å². The summed E-state index contributed by atoms with van der Waals surface area (Å²) in [4.78, 5) is 9.95. The van der Waals surface area contributed by atoms with Crippen LogP contribution < -0.4 is 11.1 Å². The average Bonchev–Trinajstić information content (AvgIpc) is 3.14. The van der Waals surface area contributed by atoms with Gasteiger partial charge in [-0.3, -0.25) is 14.8 Å². The highest BCUT2D eigenvalue weighted by Gasteiger charge is 2.38. The molecule has 0 bridgehead atoms. The van der Waals surface area contributed by atoms with E-state index in [9.17, 15) is 0 Å². The van der Waals surface area contributed by atoms with E-state index in [1.807, 2.05) is 0 Å². The molecule has 6 nitrogen and oxygen atoms in total. The standard InChI is InChI=1S/C19H37N5O/c1-2-23-10-6-7-17(23)15-21-18(20)22-16-19(8-4-3-5-9-19)24-11-13-25-14-12-24/h17H,2-16H2,1H3,(H3,20,21,22). The Morgan fingerprint density at radius 3 is 2.64 bits per heavy atom. The molecule has 0 aromatic rings. The van der Waals surface area contributed by atoms with Crippen molar-refractivity contribution in [2.45, 2.75) is 63.5 Å². The molecule has 2 saturated heterocycles. The molecule has 1 atom stereocenters. The minimum atomic E-state index is 0.205. The van der Waals surface area contributed by atoms with Crippen molar-refractivity contribution in [3.8, 4) is 0 Å². The van der Waals surface area contributed by atoms with Gasteiger partial charge in [0.2, 0.25) is 0 Å². The number of nitrogens with zero attached hydrogens (tertiary/aromatic N) is 3. The zero-order valence-corrected chi connectivity index (χ0v) is 16.0. The summed E-state index contributed by atoms with van der Waals surface area (Å²) in [7, 11) is 0. The Bertz CT molecular complexity index is 430. The number of aliphatic imine (C=N–C) groups is 1. The zero-order valence-electron chi connectivity index (χ0n) is 16.0. The van der Waals surface area contributed by atoms with Gasteiger partial charge in [0, 0.05) is 31.2 Å². The van der Waals surface area contributed by atoms with Crippen LogP contribution in [0.1, 0.15) is 51.9 Å². The first-order chi connectivity index (χ1) is 12.2. The van der Waals surface area contributed by atoms with Gasteiger partial charge in [-0.2, -0.15) is 0 Å². The number of ether oxygens (including phenoxy) is 1. The molecular formula is C19H37N5O. The van der Waals surface area contributed by atoms with Crippen LogP contribution in [-0.2, 0) is 4.74 Å². The summed E-state index contributed by atoms with van der Waals surface area (Å²) < 4.78 is 5.56. The molecule has 0 amide bonds. The molecule has 1 saturated carbocycles. The molecule has 6 heteroatoms. The normalized spacial score (nSPS) is 29.0. The zero-order chi connectivity index (χ0) is 17.5. The van der Waals surface area contributed by atoms with E-state index in [0.29, 0.717) is 12.0 Å². The fourth-order valence-electron chi connectivity index (χ4n) is 4.88. The van der Waals surface area contributed by atoms with Crippen LogP contribution in [0.4, 0.5) is 0 Å². The van der Waals surface area contributed by atoms with Crippen LogP contribution in [0.5, 0.6) is 0 Å². The first-order valence-corrected chi connectivity index (χ1v) is 10.3. The molecule has 0 aromatic heterocycles. The third-order valence-corrected chi connectivity index (χ3v) is 6.43. The Balaban J connectivity index is 1.54. The minimum Gasteiger partial charge on any atom is -0.379 e. The van der Waals surface area contributed by atoms with E-state index in [-0.39, 0.29) is 5.54 Å². The van der Waals surface area contributed by atoms with E-state index >= 15 is 0 Å². The van der Waals surface area contributed by atoms with Crippen molar-refractivity contribution in [1.29, 1.82) is 0 Å². The van der Waals surface area contributed by atoms with Crippen molar-refractivity contribution in [2.75, 3.05) is 52.5 Å². The highest BCUT2D eigenvalue weighted by molar-refractivity contribution is 5.77. The lowest BCUT2D eigenvalue weighted by Gasteiger charge is -2.47. The summed E-state index contributed by atoms with van der Waals surface area (Å²) in [5.74, 6) is 0.626.